The minimum Gasteiger partial charge on any atom is -0.473 e. The van der Waals surface area contributed by atoms with Gasteiger partial charge in [0.2, 0.25) is 0 Å². The molecular weight excluding hydrogens is 354 g/mol. The molecule has 4 rings (SSSR count). The van der Waals surface area contributed by atoms with Crippen LogP contribution in [0.5, 0.6) is 0 Å². The van der Waals surface area contributed by atoms with E-state index in [4.69, 9.17) is 4.74 Å². The lowest BCUT2D eigenvalue weighted by atomic mass is 9.99. The summed E-state index contributed by atoms with van der Waals surface area (Å²) in [6.07, 6.45) is 3.58. The zero-order chi connectivity index (χ0) is 19.3. The number of nitrogens with one attached hydrogen (secondary N) is 2. The van der Waals surface area contributed by atoms with Crippen molar-refractivity contribution in [2.75, 3.05) is 6.54 Å². The molecule has 6 heteroatoms. The van der Waals surface area contributed by atoms with Crippen LogP contribution < -0.4 is 16.6 Å². The molecule has 0 saturated carbocycles. The fourth-order valence-corrected chi connectivity index (χ4v) is 3.36. The molecule has 1 aliphatic rings. The van der Waals surface area contributed by atoms with Crippen LogP contribution in [0.4, 0.5) is 0 Å². The van der Waals surface area contributed by atoms with Crippen LogP contribution in [0.1, 0.15) is 29.8 Å². The zero-order valence-electron chi connectivity index (χ0n) is 15.2. The van der Waals surface area contributed by atoms with Crippen molar-refractivity contribution in [3.63, 3.8) is 0 Å². The van der Waals surface area contributed by atoms with E-state index < -0.39 is 17.5 Å². The van der Waals surface area contributed by atoms with Crippen molar-refractivity contribution in [1.82, 2.24) is 14.9 Å². The first-order valence-corrected chi connectivity index (χ1v) is 9.21. The summed E-state index contributed by atoms with van der Waals surface area (Å²) in [7, 11) is 0. The van der Waals surface area contributed by atoms with E-state index in [2.05, 4.69) is 34.6 Å². The van der Waals surface area contributed by atoms with Crippen molar-refractivity contribution in [3.8, 4) is 0 Å². The fourth-order valence-electron chi connectivity index (χ4n) is 3.36. The van der Waals surface area contributed by atoms with E-state index in [0.717, 1.165) is 5.76 Å². The molecule has 1 atom stereocenters. The van der Waals surface area contributed by atoms with Crippen LogP contribution in [-0.4, -0.2) is 16.1 Å². The van der Waals surface area contributed by atoms with Crippen LogP contribution in [0.25, 0.3) is 0 Å². The number of aromatic amines is 1. The predicted molar refractivity (Wildman–Crippen MR) is 107 cm³/mol. The van der Waals surface area contributed by atoms with Gasteiger partial charge in [0.05, 0.1) is 12.6 Å². The summed E-state index contributed by atoms with van der Waals surface area (Å²) in [4.78, 5) is 25.5. The summed E-state index contributed by atoms with van der Waals surface area (Å²) in [5, 5.41) is 3.55. The van der Waals surface area contributed by atoms with Crippen molar-refractivity contribution < 1.29 is 4.74 Å². The lowest BCUT2D eigenvalue weighted by Crippen LogP contribution is -2.31. The summed E-state index contributed by atoms with van der Waals surface area (Å²) >= 11 is 0. The summed E-state index contributed by atoms with van der Waals surface area (Å²) in [5.41, 5.74) is 1.45. The third-order valence-electron chi connectivity index (χ3n) is 4.74. The lowest BCUT2D eigenvalue weighted by molar-refractivity contribution is 0.0745. The highest BCUT2D eigenvalue weighted by atomic mass is 16.5. The second-order valence-corrected chi connectivity index (χ2v) is 6.63. The summed E-state index contributed by atoms with van der Waals surface area (Å²) in [6, 6.07) is 21.8. The first-order chi connectivity index (χ1) is 13.7. The Morgan fingerprint density at radius 1 is 1.00 bits per heavy atom. The minimum atomic E-state index is -0.466. The van der Waals surface area contributed by atoms with E-state index in [1.54, 1.807) is 0 Å². The molecule has 0 spiro atoms. The number of aromatic nitrogens is 2. The fraction of sp³-hybridized carbons (Fsp3) is 0.182. The standard InChI is InChI=1S/C22H21N3O3/c26-19-13-14-25(22(27)24-19)20-12-11-18(28-20)15-23-21(16-7-3-1-4-8-16)17-9-5-2-6-10-17/h1-11,13-14,20-21,23H,12,15H2,(H,24,26,27)/t20-/m1/s1. The summed E-state index contributed by atoms with van der Waals surface area (Å²) < 4.78 is 7.33. The van der Waals surface area contributed by atoms with Crippen LogP contribution >= 0.6 is 0 Å². The van der Waals surface area contributed by atoms with E-state index in [0.29, 0.717) is 13.0 Å². The highest BCUT2D eigenvalue weighted by Crippen LogP contribution is 2.26. The molecule has 0 unspecified atom stereocenters. The Labute approximate surface area is 162 Å². The normalized spacial score (nSPS) is 16.0. The number of hydrogen-bond acceptors (Lipinski definition) is 4. The molecule has 2 N–H and O–H groups in total. The quantitative estimate of drug-likeness (QED) is 0.695. The first-order valence-electron chi connectivity index (χ1n) is 9.21. The zero-order valence-corrected chi connectivity index (χ0v) is 15.2. The van der Waals surface area contributed by atoms with Gasteiger partial charge in [-0.2, -0.15) is 0 Å². The monoisotopic (exact) mass is 375 g/mol. The van der Waals surface area contributed by atoms with Gasteiger partial charge in [0.25, 0.3) is 5.56 Å². The van der Waals surface area contributed by atoms with Crippen LogP contribution in [0.3, 0.4) is 0 Å². The maximum Gasteiger partial charge on any atom is 0.331 e. The molecule has 0 bridgehead atoms. The van der Waals surface area contributed by atoms with Crippen molar-refractivity contribution in [2.45, 2.75) is 18.7 Å². The SMILES string of the molecule is O=c1ccn([C@H]2CC=C(CNC(c3ccccc3)c3ccccc3)O2)c(=O)[nH]1. The third kappa shape index (κ3) is 3.97. The Bertz CT molecular complexity index is 1030. The number of rotatable bonds is 6. The highest BCUT2D eigenvalue weighted by Gasteiger charge is 2.22. The Morgan fingerprint density at radius 3 is 2.25 bits per heavy atom. The molecule has 142 valence electrons. The molecule has 0 amide bonds. The van der Waals surface area contributed by atoms with E-state index in [9.17, 15) is 9.59 Å². The van der Waals surface area contributed by atoms with Gasteiger partial charge < -0.3 is 4.74 Å². The van der Waals surface area contributed by atoms with Gasteiger partial charge in [-0.1, -0.05) is 60.7 Å². The van der Waals surface area contributed by atoms with Gasteiger partial charge in [-0.3, -0.25) is 19.7 Å². The molecule has 0 aliphatic carbocycles. The van der Waals surface area contributed by atoms with Gasteiger partial charge >= 0.3 is 5.69 Å². The number of nitrogens with zero attached hydrogens (tertiary/aromatic N) is 1. The largest absolute Gasteiger partial charge is 0.473 e. The van der Waals surface area contributed by atoms with Gasteiger partial charge in [0.1, 0.15) is 5.76 Å². The van der Waals surface area contributed by atoms with E-state index in [1.807, 2.05) is 42.5 Å². The Kier molecular flexibility index (Phi) is 5.21. The van der Waals surface area contributed by atoms with E-state index >= 15 is 0 Å². The Morgan fingerprint density at radius 2 is 1.64 bits per heavy atom. The highest BCUT2D eigenvalue weighted by molar-refractivity contribution is 5.31. The molecule has 1 aliphatic heterocycles. The molecule has 2 heterocycles. The van der Waals surface area contributed by atoms with Crippen molar-refractivity contribution in [3.05, 3.63) is 117 Å². The number of hydrogen-bond donors (Lipinski definition) is 2. The molecule has 3 aromatic rings. The second kappa shape index (κ2) is 8.10. The van der Waals surface area contributed by atoms with Crippen molar-refractivity contribution >= 4 is 0 Å². The Balaban J connectivity index is 1.46. The van der Waals surface area contributed by atoms with Gasteiger partial charge in [-0.25, -0.2) is 4.79 Å². The number of ether oxygens (including phenoxy) is 1. The molecule has 0 radical (unpaired) electrons. The maximum absolute atomic E-state index is 12.0. The smallest absolute Gasteiger partial charge is 0.331 e. The van der Waals surface area contributed by atoms with Crippen molar-refractivity contribution in [2.24, 2.45) is 0 Å². The van der Waals surface area contributed by atoms with Gasteiger partial charge in [-0.05, 0) is 17.2 Å². The van der Waals surface area contributed by atoms with Crippen LogP contribution in [0.2, 0.25) is 0 Å². The predicted octanol–water partition coefficient (Wildman–Crippen LogP) is 2.72. The molecule has 0 saturated heterocycles. The molecule has 2 aromatic carbocycles. The minimum absolute atomic E-state index is 0.0294. The van der Waals surface area contributed by atoms with E-state index in [1.165, 1.54) is 28.0 Å². The molecule has 6 nitrogen and oxygen atoms in total. The molecule has 0 fully saturated rings. The average Bonchev–Trinajstić information content (AvgIpc) is 3.18. The second-order valence-electron chi connectivity index (χ2n) is 6.63. The molecule has 28 heavy (non-hydrogen) atoms. The molecular formula is C22H21N3O3. The van der Waals surface area contributed by atoms with Crippen molar-refractivity contribution in [1.29, 1.82) is 0 Å². The third-order valence-corrected chi connectivity index (χ3v) is 4.74. The first kappa shape index (κ1) is 18.0. The van der Waals surface area contributed by atoms with Gasteiger partial charge in [0, 0.05) is 18.7 Å². The van der Waals surface area contributed by atoms with Crippen LogP contribution in [0, 0.1) is 0 Å². The van der Waals surface area contributed by atoms with Gasteiger partial charge in [0.15, 0.2) is 6.23 Å². The summed E-state index contributed by atoms with van der Waals surface area (Å²) in [5.74, 6) is 0.778. The number of H-pyrrole nitrogens is 1. The number of benzene rings is 2. The van der Waals surface area contributed by atoms with E-state index in [-0.39, 0.29) is 6.04 Å². The average molecular weight is 375 g/mol. The maximum atomic E-state index is 12.0. The Hall–Kier alpha value is -3.38. The summed E-state index contributed by atoms with van der Waals surface area (Å²) in [6.45, 7) is 0.531. The topological polar surface area (TPSA) is 76.1 Å². The molecule has 1 aromatic heterocycles. The lowest BCUT2D eigenvalue weighted by Gasteiger charge is -2.21. The van der Waals surface area contributed by atoms with Crippen LogP contribution in [-0.2, 0) is 4.74 Å². The van der Waals surface area contributed by atoms with Crippen LogP contribution in [0.15, 0.2) is 94.4 Å². The van der Waals surface area contributed by atoms with Gasteiger partial charge in [-0.15, -0.1) is 0 Å².